The predicted molar refractivity (Wildman–Crippen MR) is 72.5 cm³/mol. The molecule has 0 aliphatic carbocycles. The van der Waals surface area contributed by atoms with Crippen LogP contribution >= 0.6 is 15.9 Å². The summed E-state index contributed by atoms with van der Waals surface area (Å²) in [5.41, 5.74) is 0. The van der Waals surface area contributed by atoms with Gasteiger partial charge in [-0.05, 0) is 34.8 Å². The van der Waals surface area contributed by atoms with Gasteiger partial charge in [-0.2, -0.15) is 0 Å². The molecule has 1 aromatic rings. The number of halogens is 1. The number of hydrogen-bond acceptors (Lipinski definition) is 3. The molecule has 0 unspecified atom stereocenters. The van der Waals surface area contributed by atoms with Gasteiger partial charge in [-0.15, -0.1) is 0 Å². The second kappa shape index (κ2) is 6.73. The summed E-state index contributed by atoms with van der Waals surface area (Å²) in [6.45, 7) is 1.82. The van der Waals surface area contributed by atoms with E-state index in [0.717, 1.165) is 30.4 Å². The molecule has 0 bridgehead atoms. The number of nitrogens with zero attached hydrogens (tertiary/aromatic N) is 2. The molecule has 0 N–H and O–H groups in total. The van der Waals surface area contributed by atoms with Crippen LogP contribution in [0.4, 0.5) is 0 Å². The summed E-state index contributed by atoms with van der Waals surface area (Å²) in [6, 6.07) is 1.81. The Morgan fingerprint density at radius 2 is 2.00 bits per heavy atom. The van der Waals surface area contributed by atoms with Gasteiger partial charge in [0.15, 0.2) is 6.61 Å². The summed E-state index contributed by atoms with van der Waals surface area (Å²) < 4.78 is 6.31. The summed E-state index contributed by atoms with van der Waals surface area (Å²) in [5, 5.41) is 0. The average Bonchev–Trinajstić information content (AvgIpc) is 2.65. The molecule has 0 atom stereocenters. The van der Waals surface area contributed by atoms with Crippen molar-refractivity contribution in [2.75, 3.05) is 19.7 Å². The molecule has 2 rings (SSSR count). The van der Waals surface area contributed by atoms with E-state index in [0.29, 0.717) is 5.75 Å². The van der Waals surface area contributed by atoms with Gasteiger partial charge in [-0.3, -0.25) is 9.78 Å². The van der Waals surface area contributed by atoms with Crippen molar-refractivity contribution in [3.05, 3.63) is 22.9 Å². The van der Waals surface area contributed by atoms with Crippen LogP contribution in [0.2, 0.25) is 0 Å². The molecule has 1 aliphatic heterocycles. The smallest absolute Gasteiger partial charge is 0.260 e. The SMILES string of the molecule is O=C(COc1cncc(Br)c1)N1CCCCCC1. The van der Waals surface area contributed by atoms with Crippen molar-refractivity contribution in [3.63, 3.8) is 0 Å². The van der Waals surface area contributed by atoms with Gasteiger partial charge in [0, 0.05) is 23.8 Å². The van der Waals surface area contributed by atoms with Gasteiger partial charge in [-0.1, -0.05) is 12.8 Å². The minimum absolute atomic E-state index is 0.0666. The van der Waals surface area contributed by atoms with E-state index in [1.165, 1.54) is 12.8 Å². The van der Waals surface area contributed by atoms with Crippen LogP contribution in [0.3, 0.4) is 0 Å². The first-order valence-corrected chi connectivity index (χ1v) is 7.06. The van der Waals surface area contributed by atoms with E-state index in [-0.39, 0.29) is 12.5 Å². The molecule has 18 heavy (non-hydrogen) atoms. The lowest BCUT2D eigenvalue weighted by Crippen LogP contribution is -2.35. The summed E-state index contributed by atoms with van der Waals surface area (Å²) in [5.74, 6) is 0.685. The van der Waals surface area contributed by atoms with Crippen LogP contribution < -0.4 is 4.74 Å². The molecule has 5 heteroatoms. The molecule has 1 fully saturated rings. The number of amides is 1. The number of ether oxygens (including phenoxy) is 1. The number of aromatic nitrogens is 1. The number of rotatable bonds is 3. The van der Waals surface area contributed by atoms with Crippen LogP contribution in [0.15, 0.2) is 22.9 Å². The summed E-state index contributed by atoms with van der Waals surface area (Å²) >= 11 is 3.32. The molecule has 0 aromatic carbocycles. The summed E-state index contributed by atoms with van der Waals surface area (Å²) in [4.78, 5) is 17.9. The van der Waals surface area contributed by atoms with Crippen LogP contribution in [-0.2, 0) is 4.79 Å². The van der Waals surface area contributed by atoms with E-state index in [1.807, 2.05) is 11.0 Å². The van der Waals surface area contributed by atoms with Crippen LogP contribution in [0.25, 0.3) is 0 Å². The second-order valence-electron chi connectivity index (χ2n) is 4.42. The van der Waals surface area contributed by atoms with E-state index in [1.54, 1.807) is 12.4 Å². The molecule has 1 amide bonds. The molecular formula is C13H17BrN2O2. The number of carbonyl (C=O) groups is 1. The quantitative estimate of drug-likeness (QED) is 0.861. The first kappa shape index (κ1) is 13.3. The fourth-order valence-corrected chi connectivity index (χ4v) is 2.37. The molecule has 2 heterocycles. The van der Waals surface area contributed by atoms with E-state index < -0.39 is 0 Å². The van der Waals surface area contributed by atoms with Gasteiger partial charge in [0.1, 0.15) is 5.75 Å². The van der Waals surface area contributed by atoms with E-state index in [2.05, 4.69) is 20.9 Å². The van der Waals surface area contributed by atoms with Crippen LogP contribution in [0.5, 0.6) is 5.75 Å². The van der Waals surface area contributed by atoms with Gasteiger partial charge in [0.25, 0.3) is 5.91 Å². The third-order valence-electron chi connectivity index (χ3n) is 3.00. The molecule has 0 spiro atoms. The minimum Gasteiger partial charge on any atom is -0.482 e. The Balaban J connectivity index is 1.83. The normalized spacial score (nSPS) is 16.2. The van der Waals surface area contributed by atoms with Gasteiger partial charge in [0.2, 0.25) is 0 Å². The highest BCUT2D eigenvalue weighted by molar-refractivity contribution is 9.10. The number of likely N-dealkylation sites (tertiary alicyclic amines) is 1. The fraction of sp³-hybridized carbons (Fsp3) is 0.538. The van der Waals surface area contributed by atoms with Crippen molar-refractivity contribution < 1.29 is 9.53 Å². The van der Waals surface area contributed by atoms with Crippen molar-refractivity contribution >= 4 is 21.8 Å². The van der Waals surface area contributed by atoms with Crippen LogP contribution in [0.1, 0.15) is 25.7 Å². The molecule has 4 nitrogen and oxygen atoms in total. The highest BCUT2D eigenvalue weighted by atomic mass is 79.9. The monoisotopic (exact) mass is 312 g/mol. The van der Waals surface area contributed by atoms with Gasteiger partial charge >= 0.3 is 0 Å². The van der Waals surface area contributed by atoms with Gasteiger partial charge < -0.3 is 9.64 Å². The standard InChI is InChI=1S/C13H17BrN2O2/c14-11-7-12(9-15-8-11)18-10-13(17)16-5-3-1-2-4-6-16/h7-9H,1-6,10H2. The van der Waals surface area contributed by atoms with Gasteiger partial charge in [0.05, 0.1) is 6.20 Å². The van der Waals surface area contributed by atoms with Crippen molar-refractivity contribution in [1.29, 1.82) is 0 Å². The number of carbonyl (C=O) groups excluding carboxylic acids is 1. The Kier molecular flexibility index (Phi) is 4.99. The highest BCUT2D eigenvalue weighted by Gasteiger charge is 2.15. The van der Waals surface area contributed by atoms with E-state index in [4.69, 9.17) is 4.74 Å². The molecule has 98 valence electrons. The largest absolute Gasteiger partial charge is 0.482 e. The molecule has 1 aromatic heterocycles. The van der Waals surface area contributed by atoms with Crippen LogP contribution in [-0.4, -0.2) is 35.5 Å². The zero-order valence-corrected chi connectivity index (χ0v) is 11.9. The summed E-state index contributed by atoms with van der Waals surface area (Å²) in [7, 11) is 0. The topological polar surface area (TPSA) is 42.4 Å². The lowest BCUT2D eigenvalue weighted by atomic mass is 10.2. The maximum Gasteiger partial charge on any atom is 0.260 e. The lowest BCUT2D eigenvalue weighted by molar-refractivity contribution is -0.133. The number of hydrogen-bond donors (Lipinski definition) is 0. The second-order valence-corrected chi connectivity index (χ2v) is 5.34. The molecule has 0 saturated carbocycles. The third kappa shape index (κ3) is 3.98. The Morgan fingerprint density at radius 3 is 2.67 bits per heavy atom. The maximum atomic E-state index is 12.0. The van der Waals surface area contributed by atoms with Gasteiger partial charge in [-0.25, -0.2) is 0 Å². The average molecular weight is 313 g/mol. The zero-order chi connectivity index (χ0) is 12.8. The Hall–Kier alpha value is -1.10. The highest BCUT2D eigenvalue weighted by Crippen LogP contribution is 2.16. The molecule has 1 saturated heterocycles. The van der Waals surface area contributed by atoms with E-state index in [9.17, 15) is 4.79 Å². The predicted octanol–water partition coefficient (Wildman–Crippen LogP) is 2.63. The van der Waals surface area contributed by atoms with Crippen molar-refractivity contribution in [2.24, 2.45) is 0 Å². The van der Waals surface area contributed by atoms with E-state index >= 15 is 0 Å². The minimum atomic E-state index is 0.0666. The Labute approximate surface area is 115 Å². The summed E-state index contributed by atoms with van der Waals surface area (Å²) in [6.07, 6.45) is 7.94. The Bertz CT molecular complexity index is 404. The Morgan fingerprint density at radius 1 is 1.28 bits per heavy atom. The number of pyridine rings is 1. The molecule has 1 aliphatic rings. The van der Waals surface area contributed by atoms with Crippen molar-refractivity contribution in [2.45, 2.75) is 25.7 Å². The zero-order valence-electron chi connectivity index (χ0n) is 10.3. The first-order chi connectivity index (χ1) is 8.75. The third-order valence-corrected chi connectivity index (χ3v) is 3.43. The van der Waals surface area contributed by atoms with Crippen molar-refractivity contribution in [1.82, 2.24) is 9.88 Å². The molecular weight excluding hydrogens is 296 g/mol. The van der Waals surface area contributed by atoms with Crippen molar-refractivity contribution in [3.8, 4) is 5.75 Å². The maximum absolute atomic E-state index is 12.0. The lowest BCUT2D eigenvalue weighted by Gasteiger charge is -2.20. The first-order valence-electron chi connectivity index (χ1n) is 6.27. The van der Waals surface area contributed by atoms with Crippen LogP contribution in [0, 0.1) is 0 Å². The fourth-order valence-electron chi connectivity index (χ4n) is 2.03. The molecule has 0 radical (unpaired) electrons.